The minimum Gasteiger partial charge on any atom is -0.394 e. The Labute approximate surface area is 749 Å². The Kier molecular flexibility index (Phi) is 93.0. The molecule has 0 bridgehead atoms. The quantitative estimate of drug-likeness (QED) is 0.0269. The van der Waals surface area contributed by atoms with E-state index in [4.69, 9.17) is 145 Å². The van der Waals surface area contributed by atoms with Gasteiger partial charge in [-0.1, -0.05) is 27.7 Å². The second kappa shape index (κ2) is 91.5. The van der Waals surface area contributed by atoms with Gasteiger partial charge in [0.15, 0.2) is 0 Å². The lowest BCUT2D eigenvalue weighted by molar-refractivity contribution is -0.151. The molecule has 0 aliphatic carbocycles. The van der Waals surface area contributed by atoms with Gasteiger partial charge < -0.3 is 242 Å². The highest BCUT2D eigenvalue weighted by molar-refractivity contribution is 4.72. The molecule has 0 spiro atoms. The van der Waals surface area contributed by atoms with Crippen LogP contribution in [0.15, 0.2) is 0 Å². The number of aliphatic hydroxyl groups excluding tert-OH is 27. The lowest BCUT2D eigenvalue weighted by Gasteiger charge is -2.28. The van der Waals surface area contributed by atoms with Crippen LogP contribution in [-0.4, -0.2) is 596 Å². The van der Waals surface area contributed by atoms with E-state index in [0.29, 0.717) is 19.6 Å². The minimum atomic E-state index is -1.17. The van der Waals surface area contributed by atoms with Gasteiger partial charge in [0.2, 0.25) is 0 Å². The standard InChI is InChI=1S/C47H96O29.C22H46O14.C10H22O6/c1-3-34(55)13-63-21-42(22-64-14-35(56)4-48)73-29-46(30-74-43(23-65-15-36(57)5-49)24-66-16-37(58)6-50)71-11-33(2)12-72-47(31-75-44(25-67-17-38(59)7-51)26-68-18-39(60)8-52)32-76-45(27-69-19-40(61)9-53)28-70-20-41(62)10-54;1-16(6-35-21(12-31-8-17(27)2-23)13-32-9-18(28)3-24)7-36-22(14-33-10-19(29)4-25)15-34-11-20(30)5-26;1-8(4-15-6-9(13)2-11)5-16-7-10(14)3-12/h33-62H,3-32H2,1-2H3;16-30H,2-15H2,1H3;8-14H,2-7H2,1H3/t33-,34?,35?,36?,37?,38?,39?,40?,41?,42?,43?,44?,45?,46?,47?;;/m1../s1. The first-order valence-electron chi connectivity index (χ1n) is 42.9. The van der Waals surface area contributed by atoms with Crippen LogP contribution >= 0.6 is 0 Å². The summed E-state index contributed by atoms with van der Waals surface area (Å²) >= 11 is 0. The Balaban J connectivity index is -0.00000245. The van der Waals surface area contributed by atoms with Crippen molar-refractivity contribution >= 4 is 0 Å². The Morgan fingerprint density at radius 2 is 0.234 bits per heavy atom. The van der Waals surface area contributed by atoms with E-state index in [-0.39, 0.29) is 256 Å². The number of rotatable bonds is 94. The van der Waals surface area contributed by atoms with Gasteiger partial charge >= 0.3 is 0 Å². The summed E-state index contributed by atoms with van der Waals surface area (Å²) in [6.45, 7) is -0.677. The van der Waals surface area contributed by atoms with Crippen molar-refractivity contribution in [2.75, 3.05) is 324 Å². The van der Waals surface area contributed by atoms with E-state index < -0.39 is 207 Å². The van der Waals surface area contributed by atoms with Crippen molar-refractivity contribution in [3.63, 3.8) is 0 Å². The van der Waals surface area contributed by atoms with E-state index in [2.05, 4.69) is 0 Å². The van der Waals surface area contributed by atoms with E-state index in [0.717, 1.165) is 0 Å². The van der Waals surface area contributed by atoms with E-state index >= 15 is 0 Å². The average molecular weight is 1900 g/mol. The molecule has 0 aromatic rings. The highest BCUT2D eigenvalue weighted by Gasteiger charge is 2.27. The molecule has 49 heteroatoms. The molecule has 0 fully saturated rings. The summed E-state index contributed by atoms with van der Waals surface area (Å²) < 4.78 is 125. The second-order valence-electron chi connectivity index (χ2n) is 30.4. The molecule has 0 heterocycles. The lowest BCUT2D eigenvalue weighted by atomic mass is 10.2. The third-order valence-corrected chi connectivity index (χ3v) is 16.5. The maximum absolute atomic E-state index is 10.1. The molecule has 774 valence electrons. The molecule has 128 heavy (non-hydrogen) atoms. The SMILES string of the molecule is CC(COC(COCC(O)CO)COCC(O)CO)COC(COCC(O)CO)COCC(O)CO.CC(COCC(O)CO)COCC(O)CO.CCC(O)COCC(COCC(O)CO)OCC(COC(COCC(O)CO)COCC(O)CO)OC[C@@H](C)COC(COC(COCC(O)CO)COCC(O)CO)COC(COCC(O)CO)COCC(O)CO. The third-order valence-electron chi connectivity index (χ3n) is 16.5. The van der Waals surface area contributed by atoms with E-state index in [1.807, 2.05) is 20.8 Å². The monoisotopic (exact) mass is 1900 g/mol. The van der Waals surface area contributed by atoms with Gasteiger partial charge in [-0.3, -0.25) is 0 Å². The zero-order valence-corrected chi connectivity index (χ0v) is 74.8. The van der Waals surface area contributed by atoms with E-state index in [1.54, 1.807) is 6.92 Å². The fourth-order valence-corrected chi connectivity index (χ4v) is 9.11. The van der Waals surface area contributed by atoms with Crippen molar-refractivity contribution < 1.29 is 242 Å². The summed E-state index contributed by atoms with van der Waals surface area (Å²) in [6, 6.07) is 0. The van der Waals surface area contributed by atoms with Gasteiger partial charge in [0.25, 0.3) is 0 Å². The van der Waals surface area contributed by atoms with Gasteiger partial charge in [-0.15, -0.1) is 0 Å². The highest BCUT2D eigenvalue weighted by Crippen LogP contribution is 2.14. The summed E-state index contributed by atoms with van der Waals surface area (Å²) in [5.74, 6) is -0.362. The Morgan fingerprint density at radius 1 is 0.133 bits per heavy atom. The molecular formula is C79H164O49. The first-order chi connectivity index (χ1) is 61.4. The fourth-order valence-electron chi connectivity index (χ4n) is 9.11. The molecule has 0 rings (SSSR count). The van der Waals surface area contributed by atoms with Crippen LogP contribution in [0.1, 0.15) is 34.1 Å². The molecule has 0 aliphatic heterocycles. The predicted molar refractivity (Wildman–Crippen MR) is 443 cm³/mol. The maximum Gasteiger partial charge on any atom is 0.104 e. The normalized spacial score (nSPS) is 18.0. The fraction of sp³-hybridized carbons (Fsp3) is 1.00. The topological polar surface area (TPSA) is 749 Å². The molecule has 0 aromatic carbocycles. The van der Waals surface area contributed by atoms with Gasteiger partial charge in [0.1, 0.15) is 128 Å². The Hall–Kier alpha value is -1.96. The minimum absolute atomic E-state index is 0.00234. The summed E-state index contributed by atoms with van der Waals surface area (Å²) in [4.78, 5) is 0. The van der Waals surface area contributed by atoms with Crippen LogP contribution in [0.2, 0.25) is 0 Å². The molecule has 27 N–H and O–H groups in total. The van der Waals surface area contributed by atoms with E-state index in [9.17, 15) is 97.0 Å². The first-order valence-corrected chi connectivity index (χ1v) is 42.9. The summed E-state index contributed by atoms with van der Waals surface area (Å²) in [5, 5.41) is 252. The van der Waals surface area contributed by atoms with Gasteiger partial charge in [-0.2, -0.15) is 0 Å². The van der Waals surface area contributed by atoms with Crippen molar-refractivity contribution in [2.24, 2.45) is 17.8 Å². The van der Waals surface area contributed by atoms with Crippen LogP contribution < -0.4 is 0 Å². The van der Waals surface area contributed by atoms with Crippen molar-refractivity contribution in [3.05, 3.63) is 0 Å². The molecule has 0 radical (unpaired) electrons. The lowest BCUT2D eigenvalue weighted by Crippen LogP contribution is -2.38. The molecule has 0 aromatic heterocycles. The van der Waals surface area contributed by atoms with Crippen molar-refractivity contribution in [2.45, 2.75) is 168 Å². The van der Waals surface area contributed by atoms with Gasteiger partial charge in [0, 0.05) is 17.8 Å². The number of hydrogen-bond donors (Lipinski definition) is 27. The van der Waals surface area contributed by atoms with Crippen LogP contribution in [0.4, 0.5) is 0 Å². The van der Waals surface area contributed by atoms with Crippen LogP contribution in [0, 0.1) is 17.8 Å². The molecule has 49 nitrogen and oxygen atoms in total. The number of aliphatic hydroxyl groups is 27. The van der Waals surface area contributed by atoms with Crippen LogP contribution in [0.3, 0.4) is 0 Å². The molecule has 0 saturated heterocycles. The maximum atomic E-state index is 10.1. The molecule has 16 unspecified atom stereocenters. The predicted octanol–water partition coefficient (Wildman–Crippen LogP) is -13.5. The van der Waals surface area contributed by atoms with Crippen LogP contribution in [-0.2, 0) is 104 Å². The van der Waals surface area contributed by atoms with Gasteiger partial charge in [-0.25, -0.2) is 0 Å². The second-order valence-corrected chi connectivity index (χ2v) is 30.4. The van der Waals surface area contributed by atoms with Crippen LogP contribution in [0.5, 0.6) is 0 Å². The third kappa shape index (κ3) is 83.4. The smallest absolute Gasteiger partial charge is 0.104 e. The zero-order valence-electron chi connectivity index (χ0n) is 74.8. The largest absolute Gasteiger partial charge is 0.394 e. The average Bonchev–Trinajstić information content (AvgIpc) is 0.920. The van der Waals surface area contributed by atoms with Crippen molar-refractivity contribution in [1.82, 2.24) is 0 Å². The summed E-state index contributed by atoms with van der Waals surface area (Å²) in [6.07, 6.45) is -20.3. The molecule has 17 atom stereocenters. The number of hydrogen-bond acceptors (Lipinski definition) is 49. The van der Waals surface area contributed by atoms with Gasteiger partial charge in [0.05, 0.1) is 330 Å². The number of ether oxygens (including phenoxy) is 22. The molecule has 0 amide bonds. The molecule has 0 aliphatic rings. The Bertz CT molecular complexity index is 1920. The first kappa shape index (κ1) is 130. The molecule has 0 saturated carbocycles. The molecular weight excluding hydrogens is 1730 g/mol. The van der Waals surface area contributed by atoms with Crippen molar-refractivity contribution in [1.29, 1.82) is 0 Å². The Morgan fingerprint density at radius 3 is 0.359 bits per heavy atom. The summed E-state index contributed by atoms with van der Waals surface area (Å²) in [7, 11) is 0. The highest BCUT2D eigenvalue weighted by atomic mass is 16.6. The van der Waals surface area contributed by atoms with Gasteiger partial charge in [-0.05, 0) is 6.42 Å². The summed E-state index contributed by atoms with van der Waals surface area (Å²) in [5.41, 5.74) is 0. The van der Waals surface area contributed by atoms with Crippen molar-refractivity contribution in [3.8, 4) is 0 Å². The van der Waals surface area contributed by atoms with Crippen LogP contribution in [0.25, 0.3) is 0 Å². The van der Waals surface area contributed by atoms with E-state index in [1.165, 1.54) is 0 Å². The zero-order chi connectivity index (χ0) is 96.3.